The zero-order valence-electron chi connectivity index (χ0n) is 9.78. The Morgan fingerprint density at radius 2 is 1.67 bits per heavy atom. The normalized spacial score (nSPS) is 18.3. The summed E-state index contributed by atoms with van der Waals surface area (Å²) in [5.74, 6) is 0. The molecule has 1 aliphatic heterocycles. The van der Waals surface area contributed by atoms with Crippen molar-refractivity contribution in [3.63, 3.8) is 0 Å². The van der Waals surface area contributed by atoms with Gasteiger partial charge in [0.05, 0.1) is 12.1 Å². The van der Waals surface area contributed by atoms with Crippen molar-refractivity contribution in [2.75, 3.05) is 0 Å². The minimum atomic E-state index is -0.805. The molecule has 3 heteroatoms. The van der Waals surface area contributed by atoms with E-state index in [9.17, 15) is 5.11 Å². The van der Waals surface area contributed by atoms with Crippen LogP contribution >= 0.6 is 0 Å². The number of rotatable bonds is 2. The standard InChI is InChI=1S/C15H13NO2/c17-15-10-14(16-18-15)13-8-4-7-12(9-13)11-5-2-1-3-6-11/h1-9,15,17H,10H2. The van der Waals surface area contributed by atoms with Gasteiger partial charge in [0, 0.05) is 5.56 Å². The number of nitrogens with zero attached hydrogens (tertiary/aromatic N) is 1. The summed E-state index contributed by atoms with van der Waals surface area (Å²) in [5, 5.41) is 13.2. The van der Waals surface area contributed by atoms with Crippen molar-refractivity contribution in [2.24, 2.45) is 5.16 Å². The Hall–Kier alpha value is -2.13. The summed E-state index contributed by atoms with van der Waals surface area (Å²) >= 11 is 0. The average molecular weight is 239 g/mol. The van der Waals surface area contributed by atoms with Crippen molar-refractivity contribution >= 4 is 5.71 Å². The lowest BCUT2D eigenvalue weighted by Gasteiger charge is -2.04. The van der Waals surface area contributed by atoms with Gasteiger partial charge in [-0.05, 0) is 17.2 Å². The van der Waals surface area contributed by atoms with E-state index in [1.165, 1.54) is 5.56 Å². The Morgan fingerprint density at radius 3 is 2.39 bits per heavy atom. The maximum absolute atomic E-state index is 9.31. The Balaban J connectivity index is 1.95. The van der Waals surface area contributed by atoms with Crippen molar-refractivity contribution in [1.29, 1.82) is 0 Å². The first-order chi connectivity index (χ1) is 8.83. The van der Waals surface area contributed by atoms with Crippen LogP contribution in [-0.4, -0.2) is 17.1 Å². The fraction of sp³-hybridized carbons (Fsp3) is 0.133. The van der Waals surface area contributed by atoms with Gasteiger partial charge in [-0.3, -0.25) is 0 Å². The van der Waals surface area contributed by atoms with Crippen molar-refractivity contribution in [1.82, 2.24) is 0 Å². The predicted octanol–water partition coefficient (Wildman–Crippen LogP) is 2.80. The number of oxime groups is 1. The highest BCUT2D eigenvalue weighted by Crippen LogP contribution is 2.22. The molecule has 0 fully saturated rings. The third-order valence-electron chi connectivity index (χ3n) is 2.96. The van der Waals surface area contributed by atoms with Crippen LogP contribution in [0.3, 0.4) is 0 Å². The Labute approximate surface area is 105 Å². The molecular formula is C15H13NO2. The molecule has 3 nitrogen and oxygen atoms in total. The quantitative estimate of drug-likeness (QED) is 0.875. The second-order valence-electron chi connectivity index (χ2n) is 4.25. The second kappa shape index (κ2) is 4.63. The maximum atomic E-state index is 9.31. The second-order valence-corrected chi connectivity index (χ2v) is 4.25. The van der Waals surface area contributed by atoms with Crippen LogP contribution in [-0.2, 0) is 4.84 Å². The van der Waals surface area contributed by atoms with Crippen LogP contribution in [0, 0.1) is 0 Å². The van der Waals surface area contributed by atoms with Gasteiger partial charge >= 0.3 is 0 Å². The fourth-order valence-corrected chi connectivity index (χ4v) is 2.04. The van der Waals surface area contributed by atoms with Crippen LogP contribution in [0.4, 0.5) is 0 Å². The first-order valence-electron chi connectivity index (χ1n) is 5.89. The molecule has 90 valence electrons. The lowest BCUT2D eigenvalue weighted by atomic mass is 10.00. The highest BCUT2D eigenvalue weighted by molar-refractivity contribution is 6.01. The van der Waals surface area contributed by atoms with Gasteiger partial charge in [0.1, 0.15) is 0 Å². The third kappa shape index (κ3) is 2.13. The fourth-order valence-electron chi connectivity index (χ4n) is 2.04. The monoisotopic (exact) mass is 239 g/mol. The summed E-state index contributed by atoms with van der Waals surface area (Å²) in [6.45, 7) is 0. The summed E-state index contributed by atoms with van der Waals surface area (Å²) in [7, 11) is 0. The number of aliphatic hydroxyl groups excluding tert-OH is 1. The molecule has 1 unspecified atom stereocenters. The molecule has 1 aliphatic rings. The number of hydrogen-bond acceptors (Lipinski definition) is 3. The Bertz CT molecular complexity index is 578. The SMILES string of the molecule is OC1CC(c2cccc(-c3ccccc3)c2)=NO1. The number of aliphatic hydroxyl groups is 1. The van der Waals surface area contributed by atoms with E-state index in [-0.39, 0.29) is 0 Å². The maximum Gasteiger partial charge on any atom is 0.230 e. The van der Waals surface area contributed by atoms with Crippen LogP contribution in [0.15, 0.2) is 59.8 Å². The summed E-state index contributed by atoms with van der Waals surface area (Å²) in [6.07, 6.45) is -0.363. The molecule has 3 rings (SSSR count). The van der Waals surface area contributed by atoms with Gasteiger partial charge in [0.2, 0.25) is 6.29 Å². The Morgan fingerprint density at radius 1 is 0.944 bits per heavy atom. The van der Waals surface area contributed by atoms with Gasteiger partial charge in [0.25, 0.3) is 0 Å². The van der Waals surface area contributed by atoms with Crippen LogP contribution in [0.5, 0.6) is 0 Å². The largest absolute Gasteiger partial charge is 0.363 e. The van der Waals surface area contributed by atoms with Crippen molar-refractivity contribution in [3.05, 3.63) is 60.2 Å². The van der Waals surface area contributed by atoms with E-state index in [1.807, 2.05) is 30.3 Å². The molecule has 0 saturated heterocycles. The molecule has 1 atom stereocenters. The van der Waals surface area contributed by atoms with Crippen LogP contribution < -0.4 is 0 Å². The van der Waals surface area contributed by atoms with Gasteiger partial charge in [-0.15, -0.1) is 0 Å². The van der Waals surface area contributed by atoms with Crippen molar-refractivity contribution in [2.45, 2.75) is 12.7 Å². The van der Waals surface area contributed by atoms with Gasteiger partial charge in [-0.25, -0.2) is 0 Å². The highest BCUT2D eigenvalue weighted by atomic mass is 16.7. The van der Waals surface area contributed by atoms with Crippen molar-refractivity contribution < 1.29 is 9.94 Å². The lowest BCUT2D eigenvalue weighted by molar-refractivity contribution is -0.0762. The Kier molecular flexibility index (Phi) is 2.82. The number of hydrogen-bond donors (Lipinski definition) is 1. The van der Waals surface area contributed by atoms with Crippen molar-refractivity contribution in [3.8, 4) is 11.1 Å². The van der Waals surface area contributed by atoms with Gasteiger partial charge in [0.15, 0.2) is 0 Å². The van der Waals surface area contributed by atoms with E-state index in [2.05, 4.69) is 29.4 Å². The lowest BCUT2D eigenvalue weighted by Crippen LogP contribution is -2.06. The molecule has 0 radical (unpaired) electrons. The molecule has 1 N–H and O–H groups in total. The van der Waals surface area contributed by atoms with E-state index in [4.69, 9.17) is 4.84 Å². The molecule has 2 aromatic carbocycles. The molecule has 1 heterocycles. The highest BCUT2D eigenvalue weighted by Gasteiger charge is 2.19. The molecule has 0 spiro atoms. The molecule has 0 amide bonds. The van der Waals surface area contributed by atoms with Gasteiger partial charge in [-0.2, -0.15) is 0 Å². The molecule has 0 aliphatic carbocycles. The van der Waals surface area contributed by atoms with Gasteiger partial charge in [-0.1, -0.05) is 53.7 Å². The summed E-state index contributed by atoms with van der Waals surface area (Å²) in [6, 6.07) is 18.3. The first-order valence-corrected chi connectivity index (χ1v) is 5.89. The molecule has 2 aromatic rings. The summed E-state index contributed by atoms with van der Waals surface area (Å²) < 4.78 is 0. The topological polar surface area (TPSA) is 41.8 Å². The van der Waals surface area contributed by atoms with E-state index >= 15 is 0 Å². The third-order valence-corrected chi connectivity index (χ3v) is 2.96. The van der Waals surface area contributed by atoms with Crippen LogP contribution in [0.2, 0.25) is 0 Å². The van der Waals surface area contributed by atoms with Crippen LogP contribution in [0.25, 0.3) is 11.1 Å². The minimum Gasteiger partial charge on any atom is -0.363 e. The van der Waals surface area contributed by atoms with Gasteiger partial charge < -0.3 is 9.94 Å². The van der Waals surface area contributed by atoms with E-state index < -0.39 is 6.29 Å². The molecular weight excluding hydrogens is 226 g/mol. The first kappa shape index (κ1) is 11.0. The van der Waals surface area contributed by atoms with Crippen LogP contribution in [0.1, 0.15) is 12.0 Å². The van der Waals surface area contributed by atoms with E-state index in [0.717, 1.165) is 16.8 Å². The molecule has 18 heavy (non-hydrogen) atoms. The average Bonchev–Trinajstić information content (AvgIpc) is 2.87. The minimum absolute atomic E-state index is 0.443. The molecule has 0 aromatic heterocycles. The predicted molar refractivity (Wildman–Crippen MR) is 70.1 cm³/mol. The summed E-state index contributed by atoms with van der Waals surface area (Å²) in [4.78, 5) is 4.81. The molecule has 0 bridgehead atoms. The molecule has 0 saturated carbocycles. The van der Waals surface area contributed by atoms with E-state index in [1.54, 1.807) is 0 Å². The van der Waals surface area contributed by atoms with E-state index in [0.29, 0.717) is 6.42 Å². The zero-order chi connectivity index (χ0) is 12.4. The smallest absolute Gasteiger partial charge is 0.230 e. The summed E-state index contributed by atoms with van der Waals surface area (Å²) in [5.41, 5.74) is 4.09. The zero-order valence-corrected chi connectivity index (χ0v) is 9.78. The number of benzene rings is 2.